The van der Waals surface area contributed by atoms with E-state index in [0.29, 0.717) is 17.1 Å². The van der Waals surface area contributed by atoms with E-state index in [2.05, 4.69) is 5.32 Å². The fourth-order valence-corrected chi connectivity index (χ4v) is 4.15. The van der Waals surface area contributed by atoms with E-state index in [4.69, 9.17) is 4.74 Å². The fraction of sp³-hybridized carbons (Fsp3) is 0.174. The van der Waals surface area contributed by atoms with Crippen LogP contribution < -0.4 is 14.4 Å². The quantitative estimate of drug-likeness (QED) is 0.637. The maximum Gasteiger partial charge on any atom is 0.264 e. The Morgan fingerprint density at radius 3 is 2.27 bits per heavy atom. The molecule has 0 bridgehead atoms. The average molecular weight is 425 g/mol. The number of amides is 1. The Hall–Kier alpha value is -3.32. The number of benzene rings is 3. The molecule has 156 valence electrons. The predicted molar refractivity (Wildman–Crippen MR) is 119 cm³/mol. The third-order valence-electron chi connectivity index (χ3n) is 4.96. The summed E-state index contributed by atoms with van der Waals surface area (Å²) in [7, 11) is -0.824. The number of sulfonamides is 1. The molecule has 0 saturated heterocycles. The second kappa shape index (κ2) is 8.59. The van der Waals surface area contributed by atoms with E-state index < -0.39 is 10.0 Å². The highest BCUT2D eigenvalue weighted by Gasteiger charge is 2.22. The fourth-order valence-electron chi connectivity index (χ4n) is 2.91. The van der Waals surface area contributed by atoms with Crippen molar-refractivity contribution in [3.8, 4) is 5.75 Å². The molecule has 0 heterocycles. The lowest BCUT2D eigenvalue weighted by Gasteiger charge is -2.20. The van der Waals surface area contributed by atoms with Crippen LogP contribution in [0.4, 0.5) is 11.4 Å². The van der Waals surface area contributed by atoms with Crippen molar-refractivity contribution in [1.29, 1.82) is 0 Å². The van der Waals surface area contributed by atoms with Gasteiger partial charge in [0.1, 0.15) is 5.75 Å². The molecule has 0 unspecified atom stereocenters. The van der Waals surface area contributed by atoms with Gasteiger partial charge in [0.15, 0.2) is 0 Å². The Morgan fingerprint density at radius 1 is 0.933 bits per heavy atom. The molecule has 0 atom stereocenters. The van der Waals surface area contributed by atoms with Crippen LogP contribution in [0.3, 0.4) is 0 Å². The molecule has 0 saturated carbocycles. The number of aryl methyl sites for hydroxylation is 2. The van der Waals surface area contributed by atoms with Crippen LogP contribution in [0, 0.1) is 13.8 Å². The largest absolute Gasteiger partial charge is 0.497 e. The molecular formula is C23H24N2O4S. The Labute approximate surface area is 177 Å². The highest BCUT2D eigenvalue weighted by molar-refractivity contribution is 7.92. The zero-order valence-electron chi connectivity index (χ0n) is 17.3. The van der Waals surface area contributed by atoms with Gasteiger partial charge in [-0.15, -0.1) is 0 Å². The summed E-state index contributed by atoms with van der Waals surface area (Å²) in [6.07, 6.45) is 0. The van der Waals surface area contributed by atoms with Gasteiger partial charge in [0.2, 0.25) is 0 Å². The molecule has 30 heavy (non-hydrogen) atoms. The minimum absolute atomic E-state index is 0.0357. The van der Waals surface area contributed by atoms with Crippen molar-refractivity contribution < 1.29 is 17.9 Å². The number of anilines is 2. The number of carbonyl (C=O) groups excluding carboxylic acids is 1. The molecule has 0 aliphatic rings. The van der Waals surface area contributed by atoms with E-state index in [0.717, 1.165) is 11.1 Å². The van der Waals surface area contributed by atoms with Crippen molar-refractivity contribution >= 4 is 27.3 Å². The van der Waals surface area contributed by atoms with Gasteiger partial charge in [0.05, 0.1) is 17.7 Å². The molecule has 6 nitrogen and oxygen atoms in total. The molecule has 3 aromatic rings. The van der Waals surface area contributed by atoms with Gasteiger partial charge in [0.25, 0.3) is 15.9 Å². The van der Waals surface area contributed by atoms with Gasteiger partial charge >= 0.3 is 0 Å². The standard InChI is InChI=1S/C23H24N2O4S/c1-16-8-9-19(14-17(16)2)24-23(26)18-6-5-7-22(15-18)30(27,28)25(3)20-10-12-21(29-4)13-11-20/h5-15H,1-4H3,(H,24,26). The summed E-state index contributed by atoms with van der Waals surface area (Å²) in [5.41, 5.74) is 3.60. The van der Waals surface area contributed by atoms with Crippen LogP contribution in [-0.2, 0) is 10.0 Å². The Kier molecular flexibility index (Phi) is 6.12. The summed E-state index contributed by atoms with van der Waals surface area (Å²) >= 11 is 0. The first-order chi connectivity index (χ1) is 14.2. The van der Waals surface area contributed by atoms with Gasteiger partial charge in [-0.05, 0) is 79.6 Å². The lowest BCUT2D eigenvalue weighted by atomic mass is 10.1. The van der Waals surface area contributed by atoms with E-state index >= 15 is 0 Å². The van der Waals surface area contributed by atoms with Crippen molar-refractivity contribution in [3.05, 3.63) is 83.4 Å². The van der Waals surface area contributed by atoms with Gasteiger partial charge in [-0.3, -0.25) is 9.10 Å². The number of hydrogen-bond donors (Lipinski definition) is 1. The molecule has 0 aliphatic carbocycles. The van der Waals surface area contributed by atoms with E-state index in [-0.39, 0.29) is 16.4 Å². The zero-order chi connectivity index (χ0) is 21.9. The van der Waals surface area contributed by atoms with E-state index in [1.807, 2.05) is 32.0 Å². The Morgan fingerprint density at radius 2 is 1.63 bits per heavy atom. The van der Waals surface area contributed by atoms with Crippen LogP contribution in [0.25, 0.3) is 0 Å². The number of methoxy groups -OCH3 is 1. The molecule has 0 aliphatic heterocycles. The van der Waals surface area contributed by atoms with Gasteiger partial charge in [-0.2, -0.15) is 0 Å². The Balaban J connectivity index is 1.85. The summed E-state index contributed by atoms with van der Waals surface area (Å²) in [6.45, 7) is 3.96. The lowest BCUT2D eigenvalue weighted by Crippen LogP contribution is -2.26. The lowest BCUT2D eigenvalue weighted by molar-refractivity contribution is 0.102. The van der Waals surface area contributed by atoms with E-state index in [1.165, 1.54) is 23.5 Å². The topological polar surface area (TPSA) is 75.7 Å². The van der Waals surface area contributed by atoms with Gasteiger partial charge in [-0.25, -0.2) is 8.42 Å². The molecule has 1 N–H and O–H groups in total. The van der Waals surface area contributed by atoms with Crippen molar-refractivity contribution in [3.63, 3.8) is 0 Å². The molecular weight excluding hydrogens is 400 g/mol. The normalized spacial score (nSPS) is 11.1. The third-order valence-corrected chi connectivity index (χ3v) is 6.74. The summed E-state index contributed by atoms with van der Waals surface area (Å²) in [5.74, 6) is 0.261. The highest BCUT2D eigenvalue weighted by Crippen LogP contribution is 2.25. The molecule has 0 aromatic heterocycles. The van der Waals surface area contributed by atoms with Crippen molar-refractivity contribution in [2.24, 2.45) is 0 Å². The molecule has 0 fully saturated rings. The highest BCUT2D eigenvalue weighted by atomic mass is 32.2. The number of nitrogens with one attached hydrogen (secondary N) is 1. The Bertz CT molecular complexity index is 1170. The molecule has 0 radical (unpaired) electrons. The minimum Gasteiger partial charge on any atom is -0.497 e. The minimum atomic E-state index is -3.84. The summed E-state index contributed by atoms with van der Waals surface area (Å²) in [6, 6.07) is 18.3. The summed E-state index contributed by atoms with van der Waals surface area (Å²) in [5, 5.41) is 2.82. The molecule has 3 aromatic carbocycles. The van der Waals surface area contributed by atoms with Crippen LogP contribution in [0.2, 0.25) is 0 Å². The van der Waals surface area contributed by atoms with Crippen LogP contribution in [0.5, 0.6) is 5.75 Å². The van der Waals surface area contributed by atoms with E-state index in [9.17, 15) is 13.2 Å². The second-order valence-electron chi connectivity index (χ2n) is 6.95. The van der Waals surface area contributed by atoms with Crippen molar-refractivity contribution in [1.82, 2.24) is 0 Å². The van der Waals surface area contributed by atoms with Crippen LogP contribution >= 0.6 is 0 Å². The molecule has 1 amide bonds. The number of ether oxygens (including phenoxy) is 1. The van der Waals surface area contributed by atoms with Crippen LogP contribution in [-0.4, -0.2) is 28.5 Å². The first-order valence-corrected chi connectivity index (χ1v) is 10.8. The first kappa shape index (κ1) is 21.4. The molecule has 7 heteroatoms. The maximum atomic E-state index is 13.1. The molecule has 0 spiro atoms. The number of hydrogen-bond acceptors (Lipinski definition) is 4. The van der Waals surface area contributed by atoms with Crippen LogP contribution in [0.15, 0.2) is 71.6 Å². The number of rotatable bonds is 6. The number of nitrogens with zero attached hydrogens (tertiary/aromatic N) is 1. The van der Waals surface area contributed by atoms with Gasteiger partial charge in [0, 0.05) is 18.3 Å². The SMILES string of the molecule is COc1ccc(N(C)S(=O)(=O)c2cccc(C(=O)Nc3ccc(C)c(C)c3)c2)cc1. The van der Waals surface area contributed by atoms with Crippen LogP contribution in [0.1, 0.15) is 21.5 Å². The predicted octanol–water partition coefficient (Wildman–Crippen LogP) is 4.39. The summed E-state index contributed by atoms with van der Waals surface area (Å²) in [4.78, 5) is 12.7. The smallest absolute Gasteiger partial charge is 0.264 e. The average Bonchev–Trinajstić information content (AvgIpc) is 2.76. The van der Waals surface area contributed by atoms with Gasteiger partial charge in [-0.1, -0.05) is 12.1 Å². The third kappa shape index (κ3) is 4.46. The maximum absolute atomic E-state index is 13.1. The zero-order valence-corrected chi connectivity index (χ0v) is 18.2. The molecule has 3 rings (SSSR count). The van der Waals surface area contributed by atoms with Crippen molar-refractivity contribution in [2.45, 2.75) is 18.7 Å². The van der Waals surface area contributed by atoms with E-state index in [1.54, 1.807) is 43.5 Å². The number of carbonyl (C=O) groups is 1. The summed E-state index contributed by atoms with van der Waals surface area (Å²) < 4.78 is 32.4. The first-order valence-electron chi connectivity index (χ1n) is 9.34. The van der Waals surface area contributed by atoms with Crippen molar-refractivity contribution in [2.75, 3.05) is 23.8 Å². The monoisotopic (exact) mass is 424 g/mol. The van der Waals surface area contributed by atoms with Gasteiger partial charge < -0.3 is 10.1 Å². The second-order valence-corrected chi connectivity index (χ2v) is 8.92.